The number of rotatable bonds is 6. The first-order valence-corrected chi connectivity index (χ1v) is 7.64. The van der Waals surface area contributed by atoms with E-state index in [4.69, 9.17) is 5.73 Å². The van der Waals surface area contributed by atoms with E-state index in [1.54, 1.807) is 0 Å². The lowest BCUT2D eigenvalue weighted by atomic mass is 9.84. The van der Waals surface area contributed by atoms with Crippen LogP contribution in [-0.2, 0) is 0 Å². The van der Waals surface area contributed by atoms with E-state index in [-0.39, 0.29) is 6.04 Å². The standard InChI is InChI=1S/C17H28N2/c1-4-16(18)17(15-10-5-7-13(2)11-15)19(3)12-14-8-6-9-14/h5,7,10-11,14,16-17H,4,6,8-9,12,18H2,1-3H3. The van der Waals surface area contributed by atoms with Crippen LogP contribution >= 0.6 is 0 Å². The largest absolute Gasteiger partial charge is 0.326 e. The van der Waals surface area contributed by atoms with E-state index in [0.717, 1.165) is 12.3 Å². The van der Waals surface area contributed by atoms with Gasteiger partial charge in [-0.05, 0) is 44.7 Å². The summed E-state index contributed by atoms with van der Waals surface area (Å²) in [6, 6.07) is 9.39. The zero-order valence-electron chi connectivity index (χ0n) is 12.6. The quantitative estimate of drug-likeness (QED) is 0.848. The van der Waals surface area contributed by atoms with E-state index in [0.29, 0.717) is 6.04 Å². The second-order valence-corrected chi connectivity index (χ2v) is 6.17. The summed E-state index contributed by atoms with van der Waals surface area (Å²) in [7, 11) is 2.24. The number of hydrogen-bond acceptors (Lipinski definition) is 2. The van der Waals surface area contributed by atoms with Gasteiger partial charge in [0, 0.05) is 18.6 Å². The molecule has 0 radical (unpaired) electrons. The van der Waals surface area contributed by atoms with Crippen LogP contribution in [0.1, 0.15) is 49.8 Å². The molecule has 2 heteroatoms. The summed E-state index contributed by atoms with van der Waals surface area (Å²) >= 11 is 0. The highest BCUT2D eigenvalue weighted by Crippen LogP contribution is 2.31. The summed E-state index contributed by atoms with van der Waals surface area (Å²) in [6.45, 7) is 5.53. The van der Waals surface area contributed by atoms with Gasteiger partial charge in [0.1, 0.15) is 0 Å². The van der Waals surface area contributed by atoms with Gasteiger partial charge in [0.15, 0.2) is 0 Å². The van der Waals surface area contributed by atoms with E-state index in [2.05, 4.69) is 50.1 Å². The van der Waals surface area contributed by atoms with E-state index in [1.807, 2.05) is 0 Å². The fourth-order valence-corrected chi connectivity index (χ4v) is 3.10. The summed E-state index contributed by atoms with van der Waals surface area (Å²) in [5, 5.41) is 0. The van der Waals surface area contributed by atoms with Crippen molar-refractivity contribution in [3.8, 4) is 0 Å². The van der Waals surface area contributed by atoms with Crippen molar-refractivity contribution in [3.05, 3.63) is 35.4 Å². The Hall–Kier alpha value is -0.860. The molecule has 0 heterocycles. The molecule has 2 nitrogen and oxygen atoms in total. The van der Waals surface area contributed by atoms with Crippen molar-refractivity contribution in [1.29, 1.82) is 0 Å². The Morgan fingerprint density at radius 1 is 1.37 bits per heavy atom. The molecule has 106 valence electrons. The molecule has 0 amide bonds. The van der Waals surface area contributed by atoms with Crippen molar-refractivity contribution >= 4 is 0 Å². The molecule has 0 saturated heterocycles. The number of aryl methyl sites for hydroxylation is 1. The molecule has 1 aromatic rings. The molecule has 2 unspecified atom stereocenters. The molecule has 0 aromatic heterocycles. The Kier molecular flexibility index (Phi) is 5.00. The van der Waals surface area contributed by atoms with Gasteiger partial charge in [-0.25, -0.2) is 0 Å². The summed E-state index contributed by atoms with van der Waals surface area (Å²) in [6.07, 6.45) is 5.22. The number of hydrogen-bond donors (Lipinski definition) is 1. The minimum atomic E-state index is 0.215. The van der Waals surface area contributed by atoms with Crippen LogP contribution < -0.4 is 5.73 Å². The Balaban J connectivity index is 2.14. The van der Waals surface area contributed by atoms with Gasteiger partial charge in [-0.1, -0.05) is 43.2 Å². The third-order valence-corrected chi connectivity index (χ3v) is 4.51. The zero-order chi connectivity index (χ0) is 13.8. The van der Waals surface area contributed by atoms with E-state index >= 15 is 0 Å². The smallest absolute Gasteiger partial charge is 0.0496 e. The fraction of sp³-hybridized carbons (Fsp3) is 0.647. The molecule has 1 fully saturated rings. The predicted molar refractivity (Wildman–Crippen MR) is 82.2 cm³/mol. The van der Waals surface area contributed by atoms with Crippen LogP contribution in [0.5, 0.6) is 0 Å². The summed E-state index contributed by atoms with van der Waals surface area (Å²) in [5.41, 5.74) is 9.09. The van der Waals surface area contributed by atoms with E-state index < -0.39 is 0 Å². The maximum Gasteiger partial charge on any atom is 0.0496 e. The summed E-state index contributed by atoms with van der Waals surface area (Å²) in [4.78, 5) is 2.48. The third-order valence-electron chi connectivity index (χ3n) is 4.51. The van der Waals surface area contributed by atoms with Crippen LogP contribution in [0.25, 0.3) is 0 Å². The van der Waals surface area contributed by atoms with Gasteiger partial charge >= 0.3 is 0 Å². The van der Waals surface area contributed by atoms with Crippen LogP contribution in [-0.4, -0.2) is 24.5 Å². The monoisotopic (exact) mass is 260 g/mol. The lowest BCUT2D eigenvalue weighted by Gasteiger charge is -2.37. The van der Waals surface area contributed by atoms with Gasteiger partial charge in [0.25, 0.3) is 0 Å². The first kappa shape index (κ1) is 14.5. The van der Waals surface area contributed by atoms with Gasteiger partial charge in [-0.2, -0.15) is 0 Å². The van der Waals surface area contributed by atoms with Crippen molar-refractivity contribution in [2.24, 2.45) is 11.7 Å². The van der Waals surface area contributed by atoms with Crippen molar-refractivity contribution in [2.75, 3.05) is 13.6 Å². The SMILES string of the molecule is CCC(N)C(c1cccc(C)c1)N(C)CC1CCC1. The Morgan fingerprint density at radius 3 is 2.63 bits per heavy atom. The maximum atomic E-state index is 6.39. The van der Waals surface area contributed by atoms with Crippen molar-refractivity contribution in [3.63, 3.8) is 0 Å². The molecule has 1 aliphatic rings. The molecule has 0 bridgehead atoms. The van der Waals surface area contributed by atoms with Gasteiger partial charge in [0.2, 0.25) is 0 Å². The van der Waals surface area contributed by atoms with Crippen molar-refractivity contribution in [1.82, 2.24) is 4.90 Å². The third kappa shape index (κ3) is 3.58. The van der Waals surface area contributed by atoms with Crippen molar-refractivity contribution < 1.29 is 0 Å². The van der Waals surface area contributed by atoms with Gasteiger partial charge in [-0.3, -0.25) is 4.90 Å². The first-order valence-electron chi connectivity index (χ1n) is 7.64. The average Bonchev–Trinajstić information content (AvgIpc) is 2.34. The zero-order valence-corrected chi connectivity index (χ0v) is 12.6. The molecule has 2 rings (SSSR count). The van der Waals surface area contributed by atoms with Gasteiger partial charge in [-0.15, -0.1) is 0 Å². The lowest BCUT2D eigenvalue weighted by Crippen LogP contribution is -2.41. The molecule has 2 N–H and O–H groups in total. The molecule has 19 heavy (non-hydrogen) atoms. The lowest BCUT2D eigenvalue weighted by molar-refractivity contribution is 0.144. The van der Waals surface area contributed by atoms with Crippen LogP contribution in [0.2, 0.25) is 0 Å². The number of benzene rings is 1. The second kappa shape index (κ2) is 6.53. The van der Waals surface area contributed by atoms with Crippen LogP contribution in [0, 0.1) is 12.8 Å². The van der Waals surface area contributed by atoms with E-state index in [1.165, 1.54) is 36.9 Å². The van der Waals surface area contributed by atoms with Crippen LogP contribution in [0.4, 0.5) is 0 Å². The average molecular weight is 260 g/mol. The van der Waals surface area contributed by atoms with Gasteiger partial charge in [0.05, 0.1) is 0 Å². The minimum absolute atomic E-state index is 0.215. The Bertz CT molecular complexity index is 398. The number of likely N-dealkylation sites (N-methyl/N-ethyl adjacent to an activating group) is 1. The summed E-state index contributed by atoms with van der Waals surface area (Å²) < 4.78 is 0. The Labute approximate surface area is 118 Å². The molecule has 1 aliphatic carbocycles. The molecule has 2 atom stereocenters. The summed E-state index contributed by atoms with van der Waals surface area (Å²) in [5.74, 6) is 0.890. The topological polar surface area (TPSA) is 29.3 Å². The highest BCUT2D eigenvalue weighted by atomic mass is 15.1. The fourth-order valence-electron chi connectivity index (χ4n) is 3.10. The second-order valence-electron chi connectivity index (χ2n) is 6.17. The molecule has 0 aliphatic heterocycles. The van der Waals surface area contributed by atoms with E-state index in [9.17, 15) is 0 Å². The van der Waals surface area contributed by atoms with Crippen LogP contribution in [0.3, 0.4) is 0 Å². The number of nitrogens with two attached hydrogens (primary N) is 1. The van der Waals surface area contributed by atoms with Crippen LogP contribution in [0.15, 0.2) is 24.3 Å². The normalized spacial score (nSPS) is 19.2. The predicted octanol–water partition coefficient (Wildman–Crippen LogP) is 3.51. The molecular weight excluding hydrogens is 232 g/mol. The molecular formula is C17H28N2. The molecule has 0 spiro atoms. The first-order chi connectivity index (χ1) is 9.11. The minimum Gasteiger partial charge on any atom is -0.326 e. The highest BCUT2D eigenvalue weighted by Gasteiger charge is 2.27. The maximum absolute atomic E-state index is 6.39. The molecule has 1 saturated carbocycles. The number of nitrogens with zero attached hydrogens (tertiary/aromatic N) is 1. The van der Waals surface area contributed by atoms with Crippen molar-refractivity contribution in [2.45, 2.75) is 51.6 Å². The Morgan fingerprint density at radius 2 is 2.11 bits per heavy atom. The highest BCUT2D eigenvalue weighted by molar-refractivity contribution is 5.26. The molecule has 1 aromatic carbocycles. The van der Waals surface area contributed by atoms with Gasteiger partial charge < -0.3 is 5.73 Å².